The number of benzene rings is 1. The van der Waals surface area contributed by atoms with Gasteiger partial charge >= 0.3 is 0 Å². The minimum absolute atomic E-state index is 0.00704. The fourth-order valence-electron chi connectivity index (χ4n) is 1.69. The van der Waals surface area contributed by atoms with Gasteiger partial charge in [-0.25, -0.2) is 0 Å². The first-order chi connectivity index (χ1) is 6.70. The van der Waals surface area contributed by atoms with E-state index in [1.54, 1.807) is 12.1 Å². The van der Waals surface area contributed by atoms with Gasteiger partial charge in [0.25, 0.3) is 0 Å². The third-order valence-electron chi connectivity index (χ3n) is 2.42. The number of ether oxygens (including phenoxy) is 1. The summed E-state index contributed by atoms with van der Waals surface area (Å²) in [5.74, 6) is 0. The monoisotopic (exact) mass is 231 g/mol. The summed E-state index contributed by atoms with van der Waals surface area (Å²) in [4.78, 5) is 0. The van der Waals surface area contributed by atoms with Crippen molar-refractivity contribution in [2.75, 3.05) is 6.61 Å². The molecular formula is C10H11Cl2NO. The Morgan fingerprint density at radius 2 is 1.93 bits per heavy atom. The van der Waals surface area contributed by atoms with Gasteiger partial charge in [0.1, 0.15) is 6.10 Å². The maximum Gasteiger partial charge on any atom is 0.100 e. The average molecular weight is 232 g/mol. The average Bonchev–Trinajstić information content (AvgIpc) is 2.52. The zero-order chi connectivity index (χ0) is 10.1. The number of nitrogens with two attached hydrogens (primary N) is 1. The van der Waals surface area contributed by atoms with Gasteiger partial charge in [-0.2, -0.15) is 0 Å². The van der Waals surface area contributed by atoms with Crippen molar-refractivity contribution in [1.29, 1.82) is 0 Å². The maximum atomic E-state index is 6.05. The van der Waals surface area contributed by atoms with Gasteiger partial charge in [0.05, 0.1) is 0 Å². The number of hydrogen-bond acceptors (Lipinski definition) is 2. The minimum Gasteiger partial charge on any atom is -0.372 e. The minimum atomic E-state index is -0.156. The first kappa shape index (κ1) is 10.2. The molecule has 0 saturated carbocycles. The van der Waals surface area contributed by atoms with Gasteiger partial charge in [0, 0.05) is 28.3 Å². The van der Waals surface area contributed by atoms with Crippen LogP contribution in [0.15, 0.2) is 18.2 Å². The molecule has 2 rings (SSSR count). The van der Waals surface area contributed by atoms with E-state index in [2.05, 4.69) is 0 Å². The molecule has 1 fully saturated rings. The summed E-state index contributed by atoms with van der Waals surface area (Å²) in [6.45, 7) is 0.674. The standard InChI is InChI=1S/C10H11Cl2NO/c11-6-2-1-3-7(12)9(6)10-8(13)4-5-14-10/h1-3,8,10H,4-5,13H2. The molecule has 0 aliphatic carbocycles. The lowest BCUT2D eigenvalue weighted by Crippen LogP contribution is -2.23. The van der Waals surface area contributed by atoms with Crippen LogP contribution in [0.4, 0.5) is 0 Å². The topological polar surface area (TPSA) is 35.2 Å². The lowest BCUT2D eigenvalue weighted by atomic mass is 10.0. The van der Waals surface area contributed by atoms with Crippen LogP contribution >= 0.6 is 23.2 Å². The SMILES string of the molecule is NC1CCOC1c1c(Cl)cccc1Cl. The zero-order valence-electron chi connectivity index (χ0n) is 7.54. The molecule has 1 heterocycles. The second-order valence-corrected chi connectivity index (χ2v) is 4.19. The molecule has 2 N–H and O–H groups in total. The summed E-state index contributed by atoms with van der Waals surface area (Å²) >= 11 is 12.1. The van der Waals surface area contributed by atoms with Gasteiger partial charge in [0.15, 0.2) is 0 Å². The summed E-state index contributed by atoms with van der Waals surface area (Å²) in [6.07, 6.45) is 0.697. The second-order valence-electron chi connectivity index (χ2n) is 3.38. The Labute approximate surface area is 92.9 Å². The molecule has 14 heavy (non-hydrogen) atoms. The molecule has 1 aliphatic rings. The Morgan fingerprint density at radius 1 is 1.29 bits per heavy atom. The van der Waals surface area contributed by atoms with Gasteiger partial charge in [-0.1, -0.05) is 29.3 Å². The molecule has 0 bridgehead atoms. The molecule has 0 amide bonds. The van der Waals surface area contributed by atoms with Crippen molar-refractivity contribution in [2.45, 2.75) is 18.6 Å². The molecule has 1 aromatic carbocycles. The molecule has 4 heteroatoms. The van der Waals surface area contributed by atoms with Crippen molar-refractivity contribution < 1.29 is 4.74 Å². The van der Waals surface area contributed by atoms with Crippen LogP contribution in [0.1, 0.15) is 18.1 Å². The predicted molar refractivity (Wildman–Crippen MR) is 57.7 cm³/mol. The Bertz CT molecular complexity index is 323. The number of halogens is 2. The largest absolute Gasteiger partial charge is 0.372 e. The highest BCUT2D eigenvalue weighted by Gasteiger charge is 2.29. The van der Waals surface area contributed by atoms with E-state index in [0.717, 1.165) is 12.0 Å². The van der Waals surface area contributed by atoms with Gasteiger partial charge in [0.2, 0.25) is 0 Å². The van der Waals surface area contributed by atoms with Crippen LogP contribution in [-0.2, 0) is 4.74 Å². The highest BCUT2D eigenvalue weighted by atomic mass is 35.5. The molecule has 0 spiro atoms. The Hall–Kier alpha value is -0.280. The Balaban J connectivity index is 2.39. The van der Waals surface area contributed by atoms with Crippen LogP contribution in [0, 0.1) is 0 Å². The third kappa shape index (κ3) is 1.75. The molecule has 1 aliphatic heterocycles. The van der Waals surface area contributed by atoms with Gasteiger partial charge < -0.3 is 10.5 Å². The van der Waals surface area contributed by atoms with Gasteiger partial charge in [-0.15, -0.1) is 0 Å². The van der Waals surface area contributed by atoms with Crippen LogP contribution in [0.25, 0.3) is 0 Å². The summed E-state index contributed by atoms with van der Waals surface area (Å²) < 4.78 is 5.52. The van der Waals surface area contributed by atoms with Crippen LogP contribution in [0.5, 0.6) is 0 Å². The summed E-state index contributed by atoms with van der Waals surface area (Å²) in [5.41, 5.74) is 6.73. The van der Waals surface area contributed by atoms with E-state index in [4.69, 9.17) is 33.7 Å². The molecule has 1 aromatic rings. The first-order valence-corrected chi connectivity index (χ1v) is 5.27. The van der Waals surface area contributed by atoms with Crippen LogP contribution < -0.4 is 5.73 Å². The van der Waals surface area contributed by atoms with E-state index in [1.807, 2.05) is 6.07 Å². The van der Waals surface area contributed by atoms with Crippen molar-refractivity contribution in [3.63, 3.8) is 0 Å². The normalized spacial score (nSPS) is 26.8. The lowest BCUT2D eigenvalue weighted by molar-refractivity contribution is 0.105. The van der Waals surface area contributed by atoms with E-state index in [1.165, 1.54) is 0 Å². The molecule has 1 saturated heterocycles. The van der Waals surface area contributed by atoms with E-state index in [0.29, 0.717) is 16.7 Å². The molecule has 0 radical (unpaired) electrons. The predicted octanol–water partition coefficient (Wildman–Crippen LogP) is 2.78. The molecular weight excluding hydrogens is 221 g/mol. The summed E-state index contributed by atoms with van der Waals surface area (Å²) in [5, 5.41) is 1.25. The maximum absolute atomic E-state index is 6.05. The molecule has 0 aromatic heterocycles. The molecule has 2 unspecified atom stereocenters. The van der Waals surface area contributed by atoms with Crippen molar-refractivity contribution in [3.05, 3.63) is 33.8 Å². The summed E-state index contributed by atoms with van der Waals surface area (Å²) in [7, 11) is 0. The second kappa shape index (κ2) is 4.07. The van der Waals surface area contributed by atoms with Gasteiger partial charge in [-0.05, 0) is 18.6 Å². The molecule has 76 valence electrons. The van der Waals surface area contributed by atoms with E-state index >= 15 is 0 Å². The quantitative estimate of drug-likeness (QED) is 0.807. The molecule has 2 nitrogen and oxygen atoms in total. The zero-order valence-corrected chi connectivity index (χ0v) is 9.05. The third-order valence-corrected chi connectivity index (χ3v) is 3.08. The van der Waals surface area contributed by atoms with Crippen molar-refractivity contribution >= 4 is 23.2 Å². The van der Waals surface area contributed by atoms with E-state index in [9.17, 15) is 0 Å². The van der Waals surface area contributed by atoms with E-state index < -0.39 is 0 Å². The van der Waals surface area contributed by atoms with Crippen LogP contribution in [-0.4, -0.2) is 12.6 Å². The fraction of sp³-hybridized carbons (Fsp3) is 0.400. The van der Waals surface area contributed by atoms with Crippen LogP contribution in [0.3, 0.4) is 0 Å². The Kier molecular flexibility index (Phi) is 2.98. The highest BCUT2D eigenvalue weighted by Crippen LogP contribution is 2.37. The summed E-state index contributed by atoms with van der Waals surface area (Å²) in [6, 6.07) is 5.41. The highest BCUT2D eigenvalue weighted by molar-refractivity contribution is 6.36. The number of hydrogen-bond donors (Lipinski definition) is 1. The smallest absolute Gasteiger partial charge is 0.100 e. The fourth-order valence-corrected chi connectivity index (χ4v) is 2.30. The number of rotatable bonds is 1. The van der Waals surface area contributed by atoms with Crippen LogP contribution in [0.2, 0.25) is 10.0 Å². The molecule has 2 atom stereocenters. The van der Waals surface area contributed by atoms with Crippen molar-refractivity contribution in [3.8, 4) is 0 Å². The van der Waals surface area contributed by atoms with Crippen molar-refractivity contribution in [1.82, 2.24) is 0 Å². The van der Waals surface area contributed by atoms with Crippen molar-refractivity contribution in [2.24, 2.45) is 5.73 Å². The van der Waals surface area contributed by atoms with E-state index in [-0.39, 0.29) is 12.1 Å². The first-order valence-electron chi connectivity index (χ1n) is 4.51. The Morgan fingerprint density at radius 3 is 2.43 bits per heavy atom. The van der Waals surface area contributed by atoms with Gasteiger partial charge in [-0.3, -0.25) is 0 Å². The lowest BCUT2D eigenvalue weighted by Gasteiger charge is -2.17.